The van der Waals surface area contributed by atoms with Crippen LogP contribution in [0.1, 0.15) is 36.2 Å². The Hall–Kier alpha value is -4.93. The van der Waals surface area contributed by atoms with E-state index in [1.807, 2.05) is 0 Å². The van der Waals surface area contributed by atoms with Crippen molar-refractivity contribution in [1.29, 1.82) is 0 Å². The maximum Gasteiger partial charge on any atom is 0.245 e. The van der Waals surface area contributed by atoms with Crippen molar-refractivity contribution >= 4 is 39.8 Å². The summed E-state index contributed by atoms with van der Waals surface area (Å²) in [6.45, 7) is 4.60. The summed E-state index contributed by atoms with van der Waals surface area (Å²) in [5, 5.41) is 10.3. The molecule has 43 heavy (non-hydrogen) atoms. The highest BCUT2D eigenvalue weighted by molar-refractivity contribution is 5.95. The first-order valence-corrected chi connectivity index (χ1v) is 14.3. The molecule has 0 bridgehead atoms. The molecule has 222 valence electrons. The molecule has 6 rings (SSSR count). The number of hydrogen-bond acceptors (Lipinski definition) is 9. The highest BCUT2D eigenvalue weighted by Crippen LogP contribution is 2.35. The fourth-order valence-electron chi connectivity index (χ4n) is 5.21. The number of carbonyl (C=O) groups excluding carboxylic acids is 1. The lowest BCUT2D eigenvalue weighted by atomic mass is 9.93. The Balaban J connectivity index is 1.22. The number of fused-ring (bicyclic) bond motifs is 1. The van der Waals surface area contributed by atoms with E-state index >= 15 is 4.39 Å². The van der Waals surface area contributed by atoms with Gasteiger partial charge in [0.25, 0.3) is 0 Å². The van der Waals surface area contributed by atoms with Gasteiger partial charge in [0.15, 0.2) is 0 Å². The molecule has 11 heteroatoms. The maximum atomic E-state index is 15.4. The number of rotatable bonds is 10. The van der Waals surface area contributed by atoms with Crippen molar-refractivity contribution in [2.75, 3.05) is 36.1 Å². The molecule has 0 spiro atoms. The molecule has 3 heterocycles. The third-order valence-corrected chi connectivity index (χ3v) is 7.81. The predicted octanol–water partition coefficient (Wildman–Crippen LogP) is 6.26. The van der Waals surface area contributed by atoms with E-state index in [0.717, 1.165) is 12.8 Å². The largest absolute Gasteiger partial charge is 0.495 e. The molecule has 1 amide bonds. The number of piperidine rings is 1. The summed E-state index contributed by atoms with van der Waals surface area (Å²) < 4.78 is 49.6. The van der Waals surface area contributed by atoms with Gasteiger partial charge in [0.2, 0.25) is 5.91 Å². The topological polar surface area (TPSA) is 114 Å². The summed E-state index contributed by atoms with van der Waals surface area (Å²) in [4.78, 5) is 26.7. The van der Waals surface area contributed by atoms with Crippen LogP contribution in [0.3, 0.4) is 0 Å². The van der Waals surface area contributed by atoms with Gasteiger partial charge in [0, 0.05) is 55.0 Å². The molecule has 10 nitrogen and oxygen atoms in total. The van der Waals surface area contributed by atoms with Crippen LogP contribution in [0, 0.1) is 5.82 Å². The molecule has 0 atom stereocenters. The minimum Gasteiger partial charge on any atom is -0.495 e. The van der Waals surface area contributed by atoms with Crippen molar-refractivity contribution in [3.63, 3.8) is 0 Å². The van der Waals surface area contributed by atoms with Gasteiger partial charge < -0.3 is 30.3 Å². The molecule has 2 aromatic heterocycles. The standard InChI is InChI=1S/C32H34FN7O3/c1-3-31(41)40-13-10-21(11-14-40)37-28-17-24-27(18-29(28)42-2)35-19-36-32(24)39-26-8-7-22(15-25(26)33)43-23-9-12-34-30(16-23)38-20-5-4-6-20/h3,7-9,12,15-21,37H,1,4-6,10-11,13-14H2,2H3,(H,34,38)(H,35,36,39)/i2D3. The first kappa shape index (κ1) is 24.6. The number of nitrogens with one attached hydrogen (secondary N) is 3. The zero-order chi connectivity index (χ0) is 32.3. The van der Waals surface area contributed by atoms with Crippen LogP contribution in [0.5, 0.6) is 17.2 Å². The van der Waals surface area contributed by atoms with E-state index in [9.17, 15) is 4.79 Å². The Morgan fingerprint density at radius 2 is 1.84 bits per heavy atom. The van der Waals surface area contributed by atoms with Crippen molar-refractivity contribution < 1.29 is 22.8 Å². The quantitative estimate of drug-likeness (QED) is 0.185. The van der Waals surface area contributed by atoms with E-state index in [-0.39, 0.29) is 23.4 Å². The van der Waals surface area contributed by atoms with Gasteiger partial charge in [-0.15, -0.1) is 0 Å². The second-order valence-corrected chi connectivity index (χ2v) is 10.7. The van der Waals surface area contributed by atoms with E-state index in [0.29, 0.717) is 71.7 Å². The first-order valence-electron chi connectivity index (χ1n) is 15.8. The fraction of sp³-hybridized carbons (Fsp3) is 0.312. The van der Waals surface area contributed by atoms with Crippen LogP contribution in [0.4, 0.5) is 27.4 Å². The van der Waals surface area contributed by atoms with Crippen LogP contribution < -0.4 is 25.4 Å². The fourth-order valence-corrected chi connectivity index (χ4v) is 5.21. The molecule has 1 aliphatic carbocycles. The lowest BCUT2D eigenvalue weighted by molar-refractivity contribution is -0.126. The average Bonchev–Trinajstić information content (AvgIpc) is 3.00. The summed E-state index contributed by atoms with van der Waals surface area (Å²) >= 11 is 0. The molecule has 1 saturated heterocycles. The summed E-state index contributed by atoms with van der Waals surface area (Å²) in [7, 11) is -2.70. The minimum absolute atomic E-state index is 0.0539. The number of likely N-dealkylation sites (tertiary alicyclic amines) is 1. The second kappa shape index (κ2) is 12.5. The van der Waals surface area contributed by atoms with Gasteiger partial charge in [0.05, 0.1) is 28.0 Å². The number of aromatic nitrogens is 3. The number of anilines is 4. The van der Waals surface area contributed by atoms with Crippen molar-refractivity contribution in [3.8, 4) is 17.2 Å². The predicted molar refractivity (Wildman–Crippen MR) is 165 cm³/mol. The van der Waals surface area contributed by atoms with Crippen LogP contribution in [0.15, 0.2) is 67.6 Å². The van der Waals surface area contributed by atoms with Crippen LogP contribution in [-0.4, -0.2) is 58.0 Å². The average molecular weight is 587 g/mol. The molecule has 2 aromatic carbocycles. The molecular formula is C32H34FN7O3. The molecule has 3 N–H and O–H groups in total. The third-order valence-electron chi connectivity index (χ3n) is 7.81. The Kier molecular flexibility index (Phi) is 7.18. The Bertz CT molecular complexity index is 1740. The van der Waals surface area contributed by atoms with Gasteiger partial charge in [-0.3, -0.25) is 4.79 Å². The molecule has 2 aliphatic rings. The summed E-state index contributed by atoms with van der Waals surface area (Å²) in [5.74, 6) is 1.28. The monoisotopic (exact) mass is 586 g/mol. The van der Waals surface area contributed by atoms with Crippen LogP contribution in [0.25, 0.3) is 10.9 Å². The Labute approximate surface area is 253 Å². The lowest BCUT2D eigenvalue weighted by Crippen LogP contribution is -2.41. The molecule has 0 radical (unpaired) electrons. The van der Waals surface area contributed by atoms with Gasteiger partial charge in [0.1, 0.15) is 41.0 Å². The number of benzene rings is 2. The van der Waals surface area contributed by atoms with E-state index in [1.165, 1.54) is 31.0 Å². The minimum atomic E-state index is -2.70. The van der Waals surface area contributed by atoms with Crippen molar-refractivity contribution in [1.82, 2.24) is 19.9 Å². The number of methoxy groups -OCH3 is 1. The smallest absolute Gasteiger partial charge is 0.245 e. The summed E-state index contributed by atoms with van der Waals surface area (Å²) in [6.07, 6.45) is 8.95. The Morgan fingerprint density at radius 3 is 2.58 bits per heavy atom. The van der Waals surface area contributed by atoms with E-state index in [4.69, 9.17) is 13.6 Å². The highest BCUT2D eigenvalue weighted by atomic mass is 19.1. The van der Waals surface area contributed by atoms with Crippen molar-refractivity contribution in [2.45, 2.75) is 44.2 Å². The van der Waals surface area contributed by atoms with Crippen LogP contribution in [-0.2, 0) is 4.79 Å². The van der Waals surface area contributed by atoms with Gasteiger partial charge in [-0.2, -0.15) is 0 Å². The maximum absolute atomic E-state index is 15.4. The number of ether oxygens (including phenoxy) is 2. The normalized spacial score (nSPS) is 16.8. The van der Waals surface area contributed by atoms with Crippen molar-refractivity contribution in [3.05, 3.63) is 73.5 Å². The molecule has 1 saturated carbocycles. The van der Waals surface area contributed by atoms with E-state index < -0.39 is 12.9 Å². The zero-order valence-corrected chi connectivity index (χ0v) is 23.5. The molecule has 4 aromatic rings. The number of nitrogens with zero attached hydrogens (tertiary/aromatic N) is 4. The van der Waals surface area contributed by atoms with Crippen molar-refractivity contribution in [2.24, 2.45) is 0 Å². The van der Waals surface area contributed by atoms with Crippen LogP contribution in [0.2, 0.25) is 0 Å². The zero-order valence-electron chi connectivity index (χ0n) is 26.5. The second-order valence-electron chi connectivity index (χ2n) is 10.7. The number of carbonyl (C=O) groups is 1. The van der Waals surface area contributed by atoms with Gasteiger partial charge in [-0.05, 0) is 62.4 Å². The highest BCUT2D eigenvalue weighted by Gasteiger charge is 2.23. The SMILES string of the molecule is [2H]C([2H])([2H])Oc1cc2ncnc(Nc3ccc(Oc4ccnc(NC5CCC5)c4)cc3F)c2cc1NC1CCN(C(=O)C=C)CC1. The summed E-state index contributed by atoms with van der Waals surface area (Å²) in [5.41, 5.74) is 0.978. The van der Waals surface area contributed by atoms with E-state index in [2.05, 4.69) is 37.5 Å². The van der Waals surface area contributed by atoms with E-state index in [1.54, 1.807) is 41.4 Å². The molecule has 0 unspecified atom stereocenters. The number of pyridine rings is 1. The van der Waals surface area contributed by atoms with Gasteiger partial charge >= 0.3 is 0 Å². The summed E-state index contributed by atoms with van der Waals surface area (Å²) in [6, 6.07) is 11.6. The van der Waals surface area contributed by atoms with Gasteiger partial charge in [-0.1, -0.05) is 6.58 Å². The molecule has 1 aliphatic heterocycles. The third kappa shape index (κ3) is 6.45. The van der Waals surface area contributed by atoms with Gasteiger partial charge in [-0.25, -0.2) is 19.3 Å². The molecular weight excluding hydrogens is 549 g/mol. The lowest BCUT2D eigenvalue weighted by Gasteiger charge is -2.32. The number of halogens is 1. The number of hydrogen-bond donors (Lipinski definition) is 3. The molecule has 2 fully saturated rings. The van der Waals surface area contributed by atoms with Crippen LogP contribution >= 0.6 is 0 Å². The number of amides is 1. The first-order chi connectivity index (χ1) is 22.1. The Morgan fingerprint density at radius 1 is 1.02 bits per heavy atom.